The van der Waals surface area contributed by atoms with Gasteiger partial charge in [-0.15, -0.1) is 13.2 Å². The number of benzene rings is 1. The Morgan fingerprint density at radius 3 is 2.86 bits per heavy atom. The summed E-state index contributed by atoms with van der Waals surface area (Å²) in [4.78, 5) is 28.0. The van der Waals surface area contributed by atoms with Crippen molar-refractivity contribution in [3.63, 3.8) is 0 Å². The summed E-state index contributed by atoms with van der Waals surface area (Å²) >= 11 is 1.06. The molecule has 0 saturated carbocycles. The topological polar surface area (TPSA) is 92.4 Å². The summed E-state index contributed by atoms with van der Waals surface area (Å²) in [5.74, 6) is -0.648. The molecule has 0 unspecified atom stereocenters. The molecule has 0 bridgehead atoms. The summed E-state index contributed by atoms with van der Waals surface area (Å²) in [5.41, 5.74) is 0.465. The van der Waals surface area contributed by atoms with E-state index in [9.17, 15) is 22.8 Å². The molecule has 3 N–H and O–H groups in total. The summed E-state index contributed by atoms with van der Waals surface area (Å²) in [6.07, 6.45) is -1.57. The average molecular weight is 430 g/mol. The quantitative estimate of drug-likeness (QED) is 0.560. The number of fused-ring (bicyclic) bond motifs is 1. The van der Waals surface area contributed by atoms with Gasteiger partial charge in [0.2, 0.25) is 11.8 Å². The van der Waals surface area contributed by atoms with Crippen molar-refractivity contribution in [2.75, 3.05) is 18.4 Å². The predicted octanol–water partition coefficient (Wildman–Crippen LogP) is 3.17. The molecule has 1 saturated heterocycles. The molecule has 1 aromatic carbocycles. The first-order chi connectivity index (χ1) is 13.8. The lowest BCUT2D eigenvalue weighted by Crippen LogP contribution is -2.32. The fraction of sp³-hybridized carbons (Fsp3) is 0.500. The highest BCUT2D eigenvalue weighted by Gasteiger charge is 2.31. The Bertz CT molecular complexity index is 866. The average Bonchev–Trinajstić information content (AvgIpc) is 3.26. The number of ether oxygens (including phenoxy) is 1. The molecule has 3 rings (SSSR count). The number of nitrogens with zero attached hydrogens (tertiary/aromatic N) is 1. The predicted molar refractivity (Wildman–Crippen MR) is 103 cm³/mol. The lowest BCUT2D eigenvalue weighted by Gasteiger charge is -2.10. The standard InChI is InChI=1S/C18H21F3N4O3S/c19-18(20,21)28-12-5-6-13-14(10-12)29-17(24-13)25-15(26)4-2-8-23-16(27)9-11-3-1-7-22-11/h5-6,10-11,22H,1-4,7-9H2,(H,23,27)(H,24,25,26)/t11-/m1/s1. The van der Waals surface area contributed by atoms with Crippen molar-refractivity contribution in [3.8, 4) is 5.75 Å². The van der Waals surface area contributed by atoms with Crippen LogP contribution in [0.15, 0.2) is 18.2 Å². The van der Waals surface area contributed by atoms with Crippen molar-refractivity contribution in [1.29, 1.82) is 0 Å². The Balaban J connectivity index is 1.41. The van der Waals surface area contributed by atoms with Gasteiger partial charge in [-0.05, 0) is 37.9 Å². The van der Waals surface area contributed by atoms with E-state index in [1.54, 1.807) is 0 Å². The summed E-state index contributed by atoms with van der Waals surface area (Å²) in [6, 6.07) is 4.03. The largest absolute Gasteiger partial charge is 0.573 e. The van der Waals surface area contributed by atoms with E-state index in [1.807, 2.05) is 0 Å². The molecule has 0 spiro atoms. The van der Waals surface area contributed by atoms with Crippen molar-refractivity contribution in [3.05, 3.63) is 18.2 Å². The Morgan fingerprint density at radius 1 is 1.31 bits per heavy atom. The third-order valence-corrected chi connectivity index (χ3v) is 5.27. The number of hydrogen-bond acceptors (Lipinski definition) is 6. The highest BCUT2D eigenvalue weighted by Crippen LogP contribution is 2.31. The lowest BCUT2D eigenvalue weighted by atomic mass is 10.1. The molecule has 0 radical (unpaired) electrons. The Morgan fingerprint density at radius 2 is 2.14 bits per heavy atom. The molecule has 158 valence electrons. The number of alkyl halides is 3. The molecule has 1 atom stereocenters. The minimum atomic E-state index is -4.77. The van der Waals surface area contributed by atoms with Crippen molar-refractivity contribution in [2.24, 2.45) is 0 Å². The van der Waals surface area contributed by atoms with Crippen LogP contribution < -0.4 is 20.7 Å². The molecule has 1 fully saturated rings. The van der Waals surface area contributed by atoms with Crippen LogP contribution in [0.25, 0.3) is 10.2 Å². The Kier molecular flexibility index (Phi) is 6.91. The van der Waals surface area contributed by atoms with Gasteiger partial charge in [0.15, 0.2) is 5.13 Å². The first kappa shape index (κ1) is 21.3. The van der Waals surface area contributed by atoms with Crippen LogP contribution in [0, 0.1) is 0 Å². The first-order valence-corrected chi connectivity index (χ1v) is 10.1. The van der Waals surface area contributed by atoms with Gasteiger partial charge < -0.3 is 20.7 Å². The monoisotopic (exact) mass is 430 g/mol. The fourth-order valence-corrected chi connectivity index (χ4v) is 3.95. The van der Waals surface area contributed by atoms with E-state index >= 15 is 0 Å². The zero-order valence-electron chi connectivity index (χ0n) is 15.5. The van der Waals surface area contributed by atoms with Gasteiger partial charge in [-0.1, -0.05) is 11.3 Å². The first-order valence-electron chi connectivity index (χ1n) is 9.25. The minimum absolute atomic E-state index is 0.0344. The zero-order valence-corrected chi connectivity index (χ0v) is 16.3. The van der Waals surface area contributed by atoms with Gasteiger partial charge in [-0.25, -0.2) is 4.98 Å². The van der Waals surface area contributed by atoms with Crippen molar-refractivity contribution in [2.45, 2.75) is 44.5 Å². The molecule has 29 heavy (non-hydrogen) atoms. The molecule has 7 nitrogen and oxygen atoms in total. The molecule has 2 aromatic rings. The number of aromatic nitrogens is 1. The molecular weight excluding hydrogens is 409 g/mol. The van der Waals surface area contributed by atoms with Gasteiger partial charge in [0.05, 0.1) is 10.2 Å². The maximum Gasteiger partial charge on any atom is 0.573 e. The van der Waals surface area contributed by atoms with Crippen LogP contribution >= 0.6 is 11.3 Å². The van der Waals surface area contributed by atoms with Crippen LogP contribution in [0.3, 0.4) is 0 Å². The van der Waals surface area contributed by atoms with Gasteiger partial charge >= 0.3 is 6.36 Å². The maximum atomic E-state index is 12.3. The molecule has 0 aliphatic carbocycles. The molecular formula is C18H21F3N4O3S. The summed E-state index contributed by atoms with van der Waals surface area (Å²) < 4.78 is 41.2. The van der Waals surface area contributed by atoms with Crippen LogP contribution in [0.1, 0.15) is 32.1 Å². The van der Waals surface area contributed by atoms with Crippen LogP contribution in [0.4, 0.5) is 18.3 Å². The van der Waals surface area contributed by atoms with E-state index < -0.39 is 6.36 Å². The molecule has 1 aliphatic heterocycles. The van der Waals surface area contributed by atoms with Crippen molar-refractivity contribution in [1.82, 2.24) is 15.6 Å². The number of carbonyl (C=O) groups is 2. The van der Waals surface area contributed by atoms with Gasteiger partial charge in [-0.2, -0.15) is 0 Å². The molecule has 2 amide bonds. The zero-order chi connectivity index (χ0) is 20.9. The second-order valence-electron chi connectivity index (χ2n) is 6.70. The van der Waals surface area contributed by atoms with E-state index in [1.165, 1.54) is 18.2 Å². The number of thiazole rings is 1. The van der Waals surface area contributed by atoms with E-state index in [2.05, 4.69) is 25.7 Å². The Hall–Kier alpha value is -2.40. The normalized spacial score (nSPS) is 16.7. The maximum absolute atomic E-state index is 12.3. The molecule has 1 aromatic heterocycles. The number of carbonyl (C=O) groups excluding carboxylic acids is 2. The van der Waals surface area contributed by atoms with Crippen molar-refractivity contribution < 1.29 is 27.5 Å². The third kappa shape index (κ3) is 6.86. The van der Waals surface area contributed by atoms with Gasteiger partial charge in [-0.3, -0.25) is 9.59 Å². The number of rotatable bonds is 8. The van der Waals surface area contributed by atoms with Crippen LogP contribution in [-0.2, 0) is 9.59 Å². The van der Waals surface area contributed by atoms with Crippen LogP contribution in [-0.4, -0.2) is 42.3 Å². The van der Waals surface area contributed by atoms with Crippen LogP contribution in [0.5, 0.6) is 5.75 Å². The third-order valence-electron chi connectivity index (χ3n) is 4.34. The molecule has 1 aliphatic rings. The van der Waals surface area contributed by atoms with Crippen molar-refractivity contribution >= 4 is 38.5 Å². The summed E-state index contributed by atoms with van der Waals surface area (Å²) in [6.45, 7) is 1.34. The highest BCUT2D eigenvalue weighted by molar-refractivity contribution is 7.22. The van der Waals surface area contributed by atoms with Crippen LogP contribution in [0.2, 0.25) is 0 Å². The summed E-state index contributed by atoms with van der Waals surface area (Å²) in [5, 5.41) is 8.98. The number of nitrogens with one attached hydrogen (secondary N) is 3. The minimum Gasteiger partial charge on any atom is -0.406 e. The molecule has 2 heterocycles. The van der Waals surface area contributed by atoms with Gasteiger partial charge in [0, 0.05) is 31.5 Å². The SMILES string of the molecule is O=C(C[C@H]1CCCN1)NCCCC(=O)Nc1nc2ccc(OC(F)(F)F)cc2s1. The second-order valence-corrected chi connectivity index (χ2v) is 7.73. The second kappa shape index (κ2) is 9.40. The van der Waals surface area contributed by atoms with E-state index in [0.29, 0.717) is 34.7 Å². The smallest absolute Gasteiger partial charge is 0.406 e. The van der Waals surface area contributed by atoms with E-state index in [-0.39, 0.29) is 30.0 Å². The summed E-state index contributed by atoms with van der Waals surface area (Å²) in [7, 11) is 0. The number of halogens is 3. The van der Waals surface area contributed by atoms with Gasteiger partial charge in [0.25, 0.3) is 0 Å². The van der Waals surface area contributed by atoms with Gasteiger partial charge in [0.1, 0.15) is 5.75 Å². The number of anilines is 1. The highest BCUT2D eigenvalue weighted by atomic mass is 32.1. The lowest BCUT2D eigenvalue weighted by molar-refractivity contribution is -0.274. The number of hydrogen-bond donors (Lipinski definition) is 3. The fourth-order valence-electron chi connectivity index (χ4n) is 3.04. The van der Waals surface area contributed by atoms with E-state index in [4.69, 9.17) is 0 Å². The van der Waals surface area contributed by atoms with E-state index in [0.717, 1.165) is 30.7 Å². The number of amides is 2. The molecule has 11 heteroatoms. The Labute approximate surface area is 169 Å².